The maximum Gasteiger partial charge on any atom is 0.0717 e. The number of anilines is 1. The summed E-state index contributed by atoms with van der Waals surface area (Å²) in [6.07, 6.45) is 7.21. The Labute approximate surface area is 90.1 Å². The molecule has 0 spiro atoms. The van der Waals surface area contributed by atoms with Crippen LogP contribution in [0.5, 0.6) is 0 Å². The summed E-state index contributed by atoms with van der Waals surface area (Å²) < 4.78 is 0. The second kappa shape index (κ2) is 4.45. The lowest BCUT2D eigenvalue weighted by atomic mass is 10.1. The number of hydrogen-bond donors (Lipinski definition) is 1. The first kappa shape index (κ1) is 10.2. The van der Waals surface area contributed by atoms with Crippen molar-refractivity contribution in [2.24, 2.45) is 0 Å². The maximum atomic E-state index is 9.26. The average Bonchev–Trinajstić information content (AvgIpc) is 2.30. The van der Waals surface area contributed by atoms with Crippen LogP contribution in [0.1, 0.15) is 17.7 Å². The lowest BCUT2D eigenvalue weighted by molar-refractivity contribution is 0.281. The molecular formula is C12H16N2O. The van der Waals surface area contributed by atoms with Gasteiger partial charge in [-0.15, -0.1) is 0 Å². The molecule has 2 rings (SSSR count). The Bertz CT molecular complexity index is 374. The first-order valence-corrected chi connectivity index (χ1v) is 5.27. The van der Waals surface area contributed by atoms with Gasteiger partial charge in [0.1, 0.15) is 0 Å². The number of aliphatic hydroxyl groups excluding tert-OH is 1. The fourth-order valence-corrected chi connectivity index (χ4v) is 1.85. The number of rotatable bonds is 2. The molecule has 80 valence electrons. The van der Waals surface area contributed by atoms with E-state index in [1.54, 1.807) is 6.20 Å². The third-order valence-electron chi connectivity index (χ3n) is 2.67. The number of pyridine rings is 1. The highest BCUT2D eigenvalue weighted by Crippen LogP contribution is 2.22. The Kier molecular flexibility index (Phi) is 3.02. The van der Waals surface area contributed by atoms with Gasteiger partial charge in [0, 0.05) is 36.2 Å². The van der Waals surface area contributed by atoms with Gasteiger partial charge in [-0.05, 0) is 19.4 Å². The van der Waals surface area contributed by atoms with Crippen molar-refractivity contribution in [3.8, 4) is 0 Å². The van der Waals surface area contributed by atoms with Crippen LogP contribution >= 0.6 is 0 Å². The van der Waals surface area contributed by atoms with Gasteiger partial charge in [-0.25, -0.2) is 0 Å². The standard InChI is InChI=1S/C12H16N2O/c1-10-7-12(11(9-15)8-13-10)14-5-3-2-4-6-14/h2-3,7-8,15H,4-6,9H2,1H3. The van der Waals surface area contributed by atoms with Crippen molar-refractivity contribution in [2.45, 2.75) is 20.0 Å². The minimum atomic E-state index is 0.0584. The number of aryl methyl sites for hydroxylation is 1. The van der Waals surface area contributed by atoms with Gasteiger partial charge in [-0.2, -0.15) is 0 Å². The summed E-state index contributed by atoms with van der Waals surface area (Å²) in [4.78, 5) is 6.48. The van der Waals surface area contributed by atoms with E-state index in [2.05, 4.69) is 22.0 Å². The zero-order valence-electron chi connectivity index (χ0n) is 8.98. The Hall–Kier alpha value is -1.35. The third-order valence-corrected chi connectivity index (χ3v) is 2.67. The van der Waals surface area contributed by atoms with Crippen LogP contribution in [0.4, 0.5) is 5.69 Å². The van der Waals surface area contributed by atoms with Crippen molar-refractivity contribution in [3.63, 3.8) is 0 Å². The zero-order chi connectivity index (χ0) is 10.7. The highest BCUT2D eigenvalue weighted by atomic mass is 16.3. The summed E-state index contributed by atoms with van der Waals surface area (Å²) in [5.74, 6) is 0. The summed E-state index contributed by atoms with van der Waals surface area (Å²) in [6, 6.07) is 2.05. The third kappa shape index (κ3) is 2.18. The Morgan fingerprint density at radius 2 is 2.33 bits per heavy atom. The monoisotopic (exact) mass is 204 g/mol. The van der Waals surface area contributed by atoms with Crippen LogP contribution in [0.15, 0.2) is 24.4 Å². The van der Waals surface area contributed by atoms with Crippen molar-refractivity contribution >= 4 is 5.69 Å². The molecule has 0 amide bonds. The maximum absolute atomic E-state index is 9.26. The van der Waals surface area contributed by atoms with E-state index in [0.717, 1.165) is 36.5 Å². The molecule has 3 heteroatoms. The first-order valence-electron chi connectivity index (χ1n) is 5.27. The van der Waals surface area contributed by atoms with Crippen LogP contribution in [0.25, 0.3) is 0 Å². The summed E-state index contributed by atoms with van der Waals surface area (Å²) in [5, 5.41) is 9.26. The first-order chi connectivity index (χ1) is 7.31. The van der Waals surface area contributed by atoms with E-state index < -0.39 is 0 Å². The topological polar surface area (TPSA) is 36.4 Å². The quantitative estimate of drug-likeness (QED) is 0.744. The Morgan fingerprint density at radius 3 is 3.00 bits per heavy atom. The number of hydrogen-bond acceptors (Lipinski definition) is 3. The normalized spacial score (nSPS) is 15.7. The lowest BCUT2D eigenvalue weighted by Gasteiger charge is -2.27. The molecule has 0 aliphatic carbocycles. The fraction of sp³-hybridized carbons (Fsp3) is 0.417. The molecule has 0 aromatic carbocycles. The number of nitrogens with zero attached hydrogens (tertiary/aromatic N) is 2. The molecule has 0 saturated heterocycles. The van der Waals surface area contributed by atoms with E-state index in [4.69, 9.17) is 0 Å². The van der Waals surface area contributed by atoms with Crippen molar-refractivity contribution in [1.29, 1.82) is 0 Å². The predicted molar refractivity (Wildman–Crippen MR) is 60.9 cm³/mol. The van der Waals surface area contributed by atoms with Gasteiger partial charge in [0.25, 0.3) is 0 Å². The van der Waals surface area contributed by atoms with E-state index in [0.29, 0.717) is 0 Å². The molecule has 1 aromatic rings. The molecule has 0 saturated carbocycles. The molecule has 15 heavy (non-hydrogen) atoms. The van der Waals surface area contributed by atoms with E-state index in [1.807, 2.05) is 13.0 Å². The van der Waals surface area contributed by atoms with Crippen LogP contribution in [0.3, 0.4) is 0 Å². The molecule has 2 heterocycles. The Balaban J connectivity index is 2.32. The van der Waals surface area contributed by atoms with Crippen LogP contribution in [-0.4, -0.2) is 23.2 Å². The highest BCUT2D eigenvalue weighted by molar-refractivity contribution is 5.54. The smallest absolute Gasteiger partial charge is 0.0717 e. The molecule has 0 fully saturated rings. The summed E-state index contributed by atoms with van der Waals surface area (Å²) in [6.45, 7) is 3.98. The minimum absolute atomic E-state index is 0.0584. The summed E-state index contributed by atoms with van der Waals surface area (Å²) in [7, 11) is 0. The van der Waals surface area contributed by atoms with Crippen LogP contribution < -0.4 is 4.90 Å². The van der Waals surface area contributed by atoms with Crippen molar-refractivity contribution in [2.75, 3.05) is 18.0 Å². The second-order valence-corrected chi connectivity index (χ2v) is 3.82. The van der Waals surface area contributed by atoms with E-state index in [9.17, 15) is 5.11 Å². The average molecular weight is 204 g/mol. The largest absolute Gasteiger partial charge is 0.392 e. The number of aliphatic hydroxyl groups is 1. The highest BCUT2D eigenvalue weighted by Gasteiger charge is 2.11. The predicted octanol–water partition coefficient (Wildman–Crippen LogP) is 1.65. The summed E-state index contributed by atoms with van der Waals surface area (Å²) >= 11 is 0. The van der Waals surface area contributed by atoms with Crippen LogP contribution in [-0.2, 0) is 6.61 Å². The minimum Gasteiger partial charge on any atom is -0.392 e. The molecule has 0 radical (unpaired) electrons. The molecule has 0 bridgehead atoms. The van der Waals surface area contributed by atoms with Crippen LogP contribution in [0, 0.1) is 6.92 Å². The lowest BCUT2D eigenvalue weighted by Crippen LogP contribution is -2.28. The van der Waals surface area contributed by atoms with Gasteiger partial charge in [-0.1, -0.05) is 12.2 Å². The van der Waals surface area contributed by atoms with E-state index >= 15 is 0 Å². The molecule has 1 aliphatic heterocycles. The molecule has 0 atom stereocenters. The molecular weight excluding hydrogens is 188 g/mol. The van der Waals surface area contributed by atoms with E-state index in [1.165, 1.54) is 0 Å². The zero-order valence-corrected chi connectivity index (χ0v) is 8.98. The van der Waals surface area contributed by atoms with Gasteiger partial charge in [0.2, 0.25) is 0 Å². The van der Waals surface area contributed by atoms with Crippen molar-refractivity contribution < 1.29 is 5.11 Å². The van der Waals surface area contributed by atoms with Crippen LogP contribution in [0.2, 0.25) is 0 Å². The number of aromatic nitrogens is 1. The van der Waals surface area contributed by atoms with Gasteiger partial charge in [-0.3, -0.25) is 4.98 Å². The molecule has 3 nitrogen and oxygen atoms in total. The molecule has 0 unspecified atom stereocenters. The fourth-order valence-electron chi connectivity index (χ4n) is 1.85. The molecule has 1 aromatic heterocycles. The molecule has 1 aliphatic rings. The van der Waals surface area contributed by atoms with Crippen molar-refractivity contribution in [1.82, 2.24) is 4.98 Å². The summed E-state index contributed by atoms with van der Waals surface area (Å²) in [5.41, 5.74) is 3.03. The van der Waals surface area contributed by atoms with Gasteiger partial charge < -0.3 is 10.0 Å². The van der Waals surface area contributed by atoms with Crippen molar-refractivity contribution in [3.05, 3.63) is 35.7 Å². The van der Waals surface area contributed by atoms with Gasteiger partial charge >= 0.3 is 0 Å². The second-order valence-electron chi connectivity index (χ2n) is 3.82. The van der Waals surface area contributed by atoms with E-state index in [-0.39, 0.29) is 6.61 Å². The SMILES string of the molecule is Cc1cc(N2CC=CCC2)c(CO)cn1. The van der Waals surface area contributed by atoms with Gasteiger partial charge in [0.15, 0.2) is 0 Å². The molecule has 1 N–H and O–H groups in total. The Morgan fingerprint density at radius 1 is 1.47 bits per heavy atom. The van der Waals surface area contributed by atoms with Gasteiger partial charge in [0.05, 0.1) is 6.61 Å².